The maximum absolute atomic E-state index is 12.5. The second-order valence-electron chi connectivity index (χ2n) is 10.4. The van der Waals surface area contributed by atoms with Crippen LogP contribution in [0, 0.1) is 39.9 Å². The third-order valence-electron chi connectivity index (χ3n) is 9.96. The minimum absolute atomic E-state index is 0.0648. The predicted molar refractivity (Wildman–Crippen MR) is 104 cm³/mol. The standard InChI is InChI=1S/C22H34O.C2H6/c1-3-22-13-12-21(10-11-21)14-15(22)4-5-16-17-6-7-19(23)20(17,2)9-8-18(16)22;1-2/h15-18H,3-14H2,1-2H3;1-2H3. The van der Waals surface area contributed by atoms with Gasteiger partial charge in [0.15, 0.2) is 0 Å². The molecule has 0 radical (unpaired) electrons. The van der Waals surface area contributed by atoms with Gasteiger partial charge in [0.25, 0.3) is 0 Å². The number of carbonyl (C=O) groups excluding carboxylic acids is 1. The molecule has 0 aromatic rings. The molecule has 5 saturated carbocycles. The fourth-order valence-electron chi connectivity index (χ4n) is 8.33. The predicted octanol–water partition coefficient (Wildman–Crippen LogP) is 6.79. The van der Waals surface area contributed by atoms with Gasteiger partial charge < -0.3 is 0 Å². The summed E-state index contributed by atoms with van der Waals surface area (Å²) in [5.74, 6) is 4.19. The Kier molecular flexibility index (Phi) is 4.40. The topological polar surface area (TPSA) is 17.1 Å². The van der Waals surface area contributed by atoms with Crippen molar-refractivity contribution >= 4 is 5.78 Å². The Labute approximate surface area is 155 Å². The van der Waals surface area contributed by atoms with Gasteiger partial charge in [-0.1, -0.05) is 27.7 Å². The number of Topliss-reactive ketones (excluding diaryl/α,β-unsaturated/α-hetero) is 1. The molecule has 5 aliphatic carbocycles. The normalized spacial score (nSPS) is 49.5. The Morgan fingerprint density at radius 1 is 0.920 bits per heavy atom. The van der Waals surface area contributed by atoms with Crippen molar-refractivity contribution in [2.45, 2.75) is 105 Å². The SMILES string of the molecule is CC.CCC12CCC3(CC3)CC1CCC1C3CCC(=O)C3(C)CCC12. The molecule has 25 heavy (non-hydrogen) atoms. The molecule has 5 rings (SSSR count). The summed E-state index contributed by atoms with van der Waals surface area (Å²) in [4.78, 5) is 12.5. The summed E-state index contributed by atoms with van der Waals surface area (Å²) < 4.78 is 0. The summed E-state index contributed by atoms with van der Waals surface area (Å²) >= 11 is 0. The van der Waals surface area contributed by atoms with Crippen molar-refractivity contribution in [3.05, 3.63) is 0 Å². The Hall–Kier alpha value is -0.330. The van der Waals surface area contributed by atoms with Gasteiger partial charge in [0.05, 0.1) is 0 Å². The molecular formula is C24H40O. The van der Waals surface area contributed by atoms with E-state index >= 15 is 0 Å². The molecule has 0 heterocycles. The van der Waals surface area contributed by atoms with Gasteiger partial charge in [-0.3, -0.25) is 4.79 Å². The van der Waals surface area contributed by atoms with E-state index in [0.29, 0.717) is 11.2 Å². The molecule has 142 valence electrons. The highest BCUT2D eigenvalue weighted by atomic mass is 16.1. The second-order valence-corrected chi connectivity index (χ2v) is 10.4. The zero-order valence-electron chi connectivity index (χ0n) is 17.2. The Morgan fingerprint density at radius 2 is 1.64 bits per heavy atom. The van der Waals surface area contributed by atoms with Crippen LogP contribution in [0.4, 0.5) is 0 Å². The van der Waals surface area contributed by atoms with Crippen LogP contribution >= 0.6 is 0 Å². The van der Waals surface area contributed by atoms with Gasteiger partial charge in [-0.15, -0.1) is 0 Å². The van der Waals surface area contributed by atoms with Crippen molar-refractivity contribution < 1.29 is 4.79 Å². The molecule has 0 aromatic heterocycles. The highest BCUT2D eigenvalue weighted by Gasteiger charge is 2.63. The lowest BCUT2D eigenvalue weighted by Gasteiger charge is -2.61. The third kappa shape index (κ3) is 2.43. The van der Waals surface area contributed by atoms with Gasteiger partial charge in [0.1, 0.15) is 5.78 Å². The van der Waals surface area contributed by atoms with Crippen LogP contribution < -0.4 is 0 Å². The first kappa shape index (κ1) is 18.1. The maximum atomic E-state index is 12.5. The number of ketones is 1. The van der Waals surface area contributed by atoms with E-state index in [1.807, 2.05) is 13.8 Å². The van der Waals surface area contributed by atoms with E-state index in [1.165, 1.54) is 64.2 Å². The molecule has 5 aliphatic rings. The van der Waals surface area contributed by atoms with Gasteiger partial charge in [-0.05, 0) is 105 Å². The minimum atomic E-state index is 0.0648. The molecule has 1 spiro atoms. The summed E-state index contributed by atoms with van der Waals surface area (Å²) in [6.07, 6.45) is 16.7. The average molecular weight is 345 g/mol. The van der Waals surface area contributed by atoms with Crippen molar-refractivity contribution in [1.29, 1.82) is 0 Å². The van der Waals surface area contributed by atoms with Gasteiger partial charge >= 0.3 is 0 Å². The molecule has 6 atom stereocenters. The molecule has 5 fully saturated rings. The fourth-order valence-corrected chi connectivity index (χ4v) is 8.33. The van der Waals surface area contributed by atoms with E-state index in [-0.39, 0.29) is 5.41 Å². The summed E-state index contributed by atoms with van der Waals surface area (Å²) in [5, 5.41) is 0. The van der Waals surface area contributed by atoms with Gasteiger partial charge in [0, 0.05) is 11.8 Å². The lowest BCUT2D eigenvalue weighted by Crippen LogP contribution is -2.54. The van der Waals surface area contributed by atoms with E-state index in [9.17, 15) is 4.79 Å². The van der Waals surface area contributed by atoms with Crippen LogP contribution in [-0.2, 0) is 4.79 Å². The van der Waals surface area contributed by atoms with Gasteiger partial charge in [0.2, 0.25) is 0 Å². The van der Waals surface area contributed by atoms with Crippen LogP contribution in [0.25, 0.3) is 0 Å². The van der Waals surface area contributed by atoms with Crippen LogP contribution in [0.2, 0.25) is 0 Å². The van der Waals surface area contributed by atoms with E-state index < -0.39 is 0 Å². The lowest BCUT2D eigenvalue weighted by molar-refractivity contribution is -0.144. The molecule has 0 saturated heterocycles. The van der Waals surface area contributed by atoms with Crippen molar-refractivity contribution in [3.8, 4) is 0 Å². The Balaban J connectivity index is 0.000000758. The zero-order valence-corrected chi connectivity index (χ0v) is 17.2. The van der Waals surface area contributed by atoms with Crippen molar-refractivity contribution in [2.75, 3.05) is 0 Å². The first-order chi connectivity index (χ1) is 12.0. The van der Waals surface area contributed by atoms with E-state index in [0.717, 1.165) is 35.5 Å². The van der Waals surface area contributed by atoms with Crippen molar-refractivity contribution in [2.24, 2.45) is 39.9 Å². The highest BCUT2D eigenvalue weighted by molar-refractivity contribution is 5.87. The molecular weight excluding hydrogens is 304 g/mol. The smallest absolute Gasteiger partial charge is 0.139 e. The molecule has 0 N–H and O–H groups in total. The summed E-state index contributed by atoms with van der Waals surface area (Å²) in [7, 11) is 0. The number of carbonyl (C=O) groups is 1. The maximum Gasteiger partial charge on any atom is 0.139 e. The largest absolute Gasteiger partial charge is 0.299 e. The minimum Gasteiger partial charge on any atom is -0.299 e. The Morgan fingerprint density at radius 3 is 2.32 bits per heavy atom. The molecule has 0 aromatic carbocycles. The highest BCUT2D eigenvalue weighted by Crippen LogP contribution is 2.71. The van der Waals surface area contributed by atoms with Crippen molar-refractivity contribution in [3.63, 3.8) is 0 Å². The quantitative estimate of drug-likeness (QED) is 0.511. The molecule has 0 aliphatic heterocycles. The van der Waals surface area contributed by atoms with E-state index in [2.05, 4.69) is 13.8 Å². The molecule has 1 heteroatoms. The molecule has 0 bridgehead atoms. The van der Waals surface area contributed by atoms with Crippen molar-refractivity contribution in [1.82, 2.24) is 0 Å². The summed E-state index contributed by atoms with van der Waals surface area (Å²) in [6.45, 7) is 8.82. The summed E-state index contributed by atoms with van der Waals surface area (Å²) in [6, 6.07) is 0. The fraction of sp³-hybridized carbons (Fsp3) is 0.958. The molecule has 0 amide bonds. The van der Waals surface area contributed by atoms with E-state index in [1.54, 1.807) is 6.42 Å². The monoisotopic (exact) mass is 344 g/mol. The number of rotatable bonds is 1. The first-order valence-corrected chi connectivity index (χ1v) is 11.6. The number of fused-ring (bicyclic) bond motifs is 5. The molecule has 1 nitrogen and oxygen atoms in total. The van der Waals surface area contributed by atoms with Crippen LogP contribution in [0.15, 0.2) is 0 Å². The molecule has 6 unspecified atom stereocenters. The van der Waals surface area contributed by atoms with Crippen LogP contribution in [0.3, 0.4) is 0 Å². The van der Waals surface area contributed by atoms with Crippen LogP contribution in [-0.4, -0.2) is 5.78 Å². The first-order valence-electron chi connectivity index (χ1n) is 11.6. The second kappa shape index (κ2) is 6.10. The summed E-state index contributed by atoms with van der Waals surface area (Å²) in [5.41, 5.74) is 1.53. The van der Waals surface area contributed by atoms with Crippen LogP contribution in [0.5, 0.6) is 0 Å². The number of hydrogen-bond acceptors (Lipinski definition) is 1. The van der Waals surface area contributed by atoms with Gasteiger partial charge in [-0.2, -0.15) is 0 Å². The zero-order chi connectivity index (χ0) is 17.9. The Bertz CT molecular complexity index is 532. The van der Waals surface area contributed by atoms with Crippen LogP contribution in [0.1, 0.15) is 105 Å². The van der Waals surface area contributed by atoms with E-state index in [4.69, 9.17) is 0 Å². The lowest BCUT2D eigenvalue weighted by atomic mass is 9.43. The third-order valence-corrected chi connectivity index (χ3v) is 9.96. The average Bonchev–Trinajstić information content (AvgIpc) is 3.33. The number of hydrogen-bond donors (Lipinski definition) is 0. The van der Waals surface area contributed by atoms with Gasteiger partial charge in [-0.25, -0.2) is 0 Å².